The molecule has 2 aromatic rings. The molecule has 1 unspecified atom stereocenters. The molecule has 0 aliphatic carbocycles. The monoisotopic (exact) mass is 373 g/mol. The van der Waals surface area contributed by atoms with Crippen LogP contribution in [0.2, 0.25) is 0 Å². The van der Waals surface area contributed by atoms with Gasteiger partial charge in [-0.15, -0.1) is 11.3 Å². The Labute approximate surface area is 160 Å². The first-order valence-corrected chi connectivity index (χ1v) is 10.4. The molecule has 2 heterocycles. The molecule has 0 bridgehead atoms. The van der Waals surface area contributed by atoms with Gasteiger partial charge in [0.1, 0.15) is 19.2 Å². The Balaban J connectivity index is 1.64. The minimum atomic E-state index is 0.0719. The summed E-state index contributed by atoms with van der Waals surface area (Å²) < 4.78 is 5.80. The van der Waals surface area contributed by atoms with Crippen molar-refractivity contribution in [2.45, 2.75) is 45.3 Å². The maximum Gasteiger partial charge on any atom is 0.279 e. The minimum Gasteiger partial charge on any atom is -0.372 e. The highest BCUT2D eigenvalue weighted by atomic mass is 32.1. The Bertz CT molecular complexity index is 694. The summed E-state index contributed by atoms with van der Waals surface area (Å²) >= 11 is 1.75. The van der Waals surface area contributed by atoms with E-state index >= 15 is 0 Å². The van der Waals surface area contributed by atoms with E-state index in [-0.39, 0.29) is 12.0 Å². The molecule has 3 rings (SSSR count). The average molecular weight is 374 g/mol. The van der Waals surface area contributed by atoms with Gasteiger partial charge in [0.05, 0.1) is 4.88 Å². The van der Waals surface area contributed by atoms with Crippen molar-refractivity contribution in [1.82, 2.24) is 0 Å². The maximum absolute atomic E-state index is 12.7. The molecule has 1 fully saturated rings. The normalized spacial score (nSPS) is 18.2. The van der Waals surface area contributed by atoms with E-state index in [4.69, 9.17) is 4.74 Å². The summed E-state index contributed by atoms with van der Waals surface area (Å²) in [5.41, 5.74) is 2.11. The number of benzene rings is 1. The molecule has 2 atom stereocenters. The number of anilines is 1. The van der Waals surface area contributed by atoms with Crippen LogP contribution >= 0.6 is 11.3 Å². The summed E-state index contributed by atoms with van der Waals surface area (Å²) in [5.74, 6) is 0.454. The van der Waals surface area contributed by atoms with Gasteiger partial charge in [-0.25, -0.2) is 0 Å². The van der Waals surface area contributed by atoms with Crippen molar-refractivity contribution in [2.75, 3.05) is 25.0 Å². The van der Waals surface area contributed by atoms with Gasteiger partial charge < -0.3 is 15.0 Å². The number of para-hydroxylation sites is 1. The lowest BCUT2D eigenvalue weighted by molar-refractivity contribution is -0.908. The van der Waals surface area contributed by atoms with Crippen LogP contribution in [0.4, 0.5) is 5.69 Å². The van der Waals surface area contributed by atoms with Crippen LogP contribution in [0.3, 0.4) is 0 Å². The van der Waals surface area contributed by atoms with E-state index in [0.29, 0.717) is 12.5 Å². The van der Waals surface area contributed by atoms with Gasteiger partial charge in [0, 0.05) is 12.3 Å². The van der Waals surface area contributed by atoms with Crippen molar-refractivity contribution in [3.05, 3.63) is 52.2 Å². The standard InChI is InChI=1S/C21H28N2O2S/c1-16(2)19-9-3-4-10-20(19)22-21(24)15-23(13-17-7-5-11-25-17)14-18-8-6-12-26-18/h3-4,6,8-10,12,16-17H,5,7,11,13-15H2,1-2H3,(H,22,24)/p+1/t17-/m1/s1. The van der Waals surface area contributed by atoms with Crippen LogP contribution in [0.5, 0.6) is 0 Å². The predicted octanol–water partition coefficient (Wildman–Crippen LogP) is 3.07. The number of ether oxygens (including phenoxy) is 1. The number of nitrogens with one attached hydrogen (secondary N) is 2. The van der Waals surface area contributed by atoms with Gasteiger partial charge in [0.2, 0.25) is 0 Å². The second-order valence-corrected chi connectivity index (χ2v) is 8.34. The molecule has 5 heteroatoms. The molecule has 4 nitrogen and oxygen atoms in total. The summed E-state index contributed by atoms with van der Waals surface area (Å²) in [5, 5.41) is 5.22. The van der Waals surface area contributed by atoms with E-state index < -0.39 is 0 Å². The van der Waals surface area contributed by atoms with Crippen molar-refractivity contribution in [3.63, 3.8) is 0 Å². The molecule has 1 saturated heterocycles. The number of rotatable bonds is 8. The van der Waals surface area contributed by atoms with Crippen LogP contribution in [0.15, 0.2) is 41.8 Å². The van der Waals surface area contributed by atoms with Gasteiger partial charge in [0.25, 0.3) is 5.91 Å². The lowest BCUT2D eigenvalue weighted by Crippen LogP contribution is -3.12. The van der Waals surface area contributed by atoms with E-state index in [1.165, 1.54) is 15.3 Å². The first-order valence-electron chi connectivity index (χ1n) is 9.48. The molecule has 1 aliphatic rings. The number of thiophene rings is 1. The zero-order chi connectivity index (χ0) is 18.4. The van der Waals surface area contributed by atoms with Gasteiger partial charge in [-0.2, -0.15) is 0 Å². The fourth-order valence-electron chi connectivity index (χ4n) is 3.53. The first-order chi connectivity index (χ1) is 12.6. The van der Waals surface area contributed by atoms with Gasteiger partial charge in [-0.1, -0.05) is 38.1 Å². The minimum absolute atomic E-state index is 0.0719. The number of amides is 1. The largest absolute Gasteiger partial charge is 0.372 e. The number of hydrogen-bond acceptors (Lipinski definition) is 3. The molecule has 0 spiro atoms. The highest BCUT2D eigenvalue weighted by Crippen LogP contribution is 2.23. The lowest BCUT2D eigenvalue weighted by atomic mass is 10.0. The third-order valence-electron chi connectivity index (χ3n) is 4.81. The Hall–Kier alpha value is -1.69. The Kier molecular flexibility index (Phi) is 6.83. The summed E-state index contributed by atoms with van der Waals surface area (Å²) in [6.45, 7) is 7.37. The number of carbonyl (C=O) groups excluding carboxylic acids is 1. The number of hydrogen-bond donors (Lipinski definition) is 2. The van der Waals surface area contributed by atoms with Crippen LogP contribution in [0.1, 0.15) is 43.0 Å². The molecule has 0 saturated carbocycles. The van der Waals surface area contributed by atoms with Gasteiger partial charge >= 0.3 is 0 Å². The van der Waals surface area contributed by atoms with Gasteiger partial charge in [-0.05, 0) is 41.8 Å². The van der Waals surface area contributed by atoms with E-state index in [2.05, 4.69) is 42.7 Å². The van der Waals surface area contributed by atoms with Crippen LogP contribution in [0.25, 0.3) is 0 Å². The summed E-state index contributed by atoms with van der Waals surface area (Å²) in [4.78, 5) is 15.3. The van der Waals surface area contributed by atoms with Gasteiger partial charge in [-0.3, -0.25) is 4.79 Å². The summed E-state index contributed by atoms with van der Waals surface area (Å²) in [6.07, 6.45) is 2.51. The molecule has 140 valence electrons. The summed E-state index contributed by atoms with van der Waals surface area (Å²) in [7, 11) is 0. The molecule has 1 amide bonds. The quantitative estimate of drug-likeness (QED) is 0.747. The van der Waals surface area contributed by atoms with Gasteiger partial charge in [0.15, 0.2) is 6.54 Å². The fourth-order valence-corrected chi connectivity index (χ4v) is 4.31. The first kappa shape index (κ1) is 19.1. The smallest absolute Gasteiger partial charge is 0.279 e. The second-order valence-electron chi connectivity index (χ2n) is 7.31. The Morgan fingerprint density at radius 1 is 1.31 bits per heavy atom. The zero-order valence-corrected chi connectivity index (χ0v) is 16.5. The molecular weight excluding hydrogens is 344 g/mol. The molecule has 1 aromatic heterocycles. The van der Waals surface area contributed by atoms with Crippen LogP contribution in [-0.2, 0) is 16.1 Å². The molecule has 1 aromatic carbocycles. The average Bonchev–Trinajstić information content (AvgIpc) is 3.29. The van der Waals surface area contributed by atoms with Crippen molar-refractivity contribution in [3.8, 4) is 0 Å². The second kappa shape index (κ2) is 9.31. The fraction of sp³-hybridized carbons (Fsp3) is 0.476. The van der Waals surface area contributed by atoms with Crippen LogP contribution in [0, 0.1) is 0 Å². The predicted molar refractivity (Wildman–Crippen MR) is 107 cm³/mol. The lowest BCUT2D eigenvalue weighted by Gasteiger charge is -2.22. The van der Waals surface area contributed by atoms with Crippen molar-refractivity contribution >= 4 is 22.9 Å². The topological polar surface area (TPSA) is 42.8 Å². The van der Waals surface area contributed by atoms with Crippen molar-refractivity contribution in [1.29, 1.82) is 0 Å². The molecule has 1 aliphatic heterocycles. The molecule has 2 N–H and O–H groups in total. The van der Waals surface area contributed by atoms with Crippen molar-refractivity contribution < 1.29 is 14.4 Å². The number of carbonyl (C=O) groups is 1. The molecule has 0 radical (unpaired) electrons. The van der Waals surface area contributed by atoms with E-state index in [9.17, 15) is 4.79 Å². The zero-order valence-electron chi connectivity index (χ0n) is 15.7. The van der Waals surface area contributed by atoms with Crippen LogP contribution < -0.4 is 10.2 Å². The third-order valence-corrected chi connectivity index (χ3v) is 5.69. The van der Waals surface area contributed by atoms with E-state index in [1.54, 1.807) is 11.3 Å². The molecular formula is C21H29N2O2S+. The van der Waals surface area contributed by atoms with E-state index in [0.717, 1.165) is 38.2 Å². The Morgan fingerprint density at radius 3 is 2.85 bits per heavy atom. The number of quaternary nitrogens is 1. The summed E-state index contributed by atoms with van der Waals surface area (Å²) in [6, 6.07) is 12.3. The highest BCUT2D eigenvalue weighted by Gasteiger charge is 2.24. The SMILES string of the molecule is CC(C)c1ccccc1NC(=O)C[NH+](Cc1cccs1)C[C@H]1CCCO1. The van der Waals surface area contributed by atoms with Crippen LogP contribution in [-0.4, -0.2) is 31.7 Å². The third kappa shape index (κ3) is 5.40. The highest BCUT2D eigenvalue weighted by molar-refractivity contribution is 7.09. The van der Waals surface area contributed by atoms with Crippen molar-refractivity contribution in [2.24, 2.45) is 0 Å². The maximum atomic E-state index is 12.7. The van der Waals surface area contributed by atoms with E-state index in [1.807, 2.05) is 18.2 Å². The molecule has 26 heavy (non-hydrogen) atoms. The Morgan fingerprint density at radius 2 is 2.15 bits per heavy atom.